The van der Waals surface area contributed by atoms with E-state index in [0.29, 0.717) is 13.1 Å². The van der Waals surface area contributed by atoms with Crippen molar-refractivity contribution in [2.24, 2.45) is 11.3 Å². The number of amides is 1. The molecule has 1 spiro atoms. The van der Waals surface area contributed by atoms with Crippen LogP contribution in [0.5, 0.6) is 0 Å². The topological polar surface area (TPSA) is 57.6 Å². The number of piperidine rings is 1. The van der Waals surface area contributed by atoms with Crippen LogP contribution < -0.4 is 0 Å². The van der Waals surface area contributed by atoms with Crippen LogP contribution in [0.4, 0.5) is 0 Å². The van der Waals surface area contributed by atoms with Crippen molar-refractivity contribution in [2.75, 3.05) is 13.1 Å². The van der Waals surface area contributed by atoms with E-state index in [2.05, 4.69) is 0 Å². The minimum Gasteiger partial charge on any atom is -0.481 e. The first-order chi connectivity index (χ1) is 8.62. The molecule has 0 aromatic carbocycles. The molecule has 1 amide bonds. The van der Waals surface area contributed by atoms with Gasteiger partial charge in [-0.1, -0.05) is 6.07 Å². The second-order valence-electron chi connectivity index (χ2n) is 5.23. The lowest BCUT2D eigenvalue weighted by molar-refractivity contribution is -0.139. The van der Waals surface area contributed by atoms with E-state index < -0.39 is 5.97 Å². The fourth-order valence-corrected chi connectivity index (χ4v) is 3.65. The number of hydrogen-bond acceptors (Lipinski definition) is 3. The summed E-state index contributed by atoms with van der Waals surface area (Å²) in [4.78, 5) is 25.7. The molecule has 3 rings (SSSR count). The highest BCUT2D eigenvalue weighted by atomic mass is 32.1. The molecule has 0 bridgehead atoms. The van der Waals surface area contributed by atoms with E-state index in [4.69, 9.17) is 5.11 Å². The third kappa shape index (κ3) is 1.82. The van der Waals surface area contributed by atoms with Crippen LogP contribution in [0.25, 0.3) is 0 Å². The standard InChI is InChI=1S/C13H15NO3S/c15-11(10-2-1-7-18-10)14-5-3-13(4-6-14)8-9(13)12(16)17/h1-2,7,9H,3-6,8H2,(H,16,17). The normalized spacial score (nSPS) is 25.1. The van der Waals surface area contributed by atoms with Gasteiger partial charge in [0.1, 0.15) is 0 Å². The SMILES string of the molecule is O=C(O)C1CC12CCN(C(=O)c1cccs1)CC2. The van der Waals surface area contributed by atoms with Crippen molar-refractivity contribution in [1.29, 1.82) is 0 Å². The molecule has 1 saturated heterocycles. The highest BCUT2D eigenvalue weighted by molar-refractivity contribution is 7.12. The van der Waals surface area contributed by atoms with Gasteiger partial charge in [-0.15, -0.1) is 11.3 Å². The number of hydrogen-bond donors (Lipinski definition) is 1. The van der Waals surface area contributed by atoms with Gasteiger partial charge in [0.25, 0.3) is 5.91 Å². The first-order valence-corrected chi connectivity index (χ1v) is 7.06. The van der Waals surface area contributed by atoms with Crippen LogP contribution in [-0.4, -0.2) is 35.0 Å². The Morgan fingerprint density at radius 2 is 2.11 bits per heavy atom. The van der Waals surface area contributed by atoms with Gasteiger partial charge in [0.2, 0.25) is 0 Å². The van der Waals surface area contributed by atoms with Crippen molar-refractivity contribution in [3.63, 3.8) is 0 Å². The number of carbonyl (C=O) groups excluding carboxylic acids is 1. The van der Waals surface area contributed by atoms with Crippen LogP contribution in [0, 0.1) is 11.3 Å². The Kier molecular flexibility index (Phi) is 2.66. The number of thiophene rings is 1. The minimum atomic E-state index is -0.673. The Hall–Kier alpha value is -1.36. The third-order valence-corrected chi connectivity index (χ3v) is 5.12. The van der Waals surface area contributed by atoms with Gasteiger partial charge in [-0.2, -0.15) is 0 Å². The van der Waals surface area contributed by atoms with Crippen molar-refractivity contribution >= 4 is 23.2 Å². The number of carbonyl (C=O) groups is 2. The molecule has 2 aliphatic rings. The predicted molar refractivity (Wildman–Crippen MR) is 67.6 cm³/mol. The van der Waals surface area contributed by atoms with Crippen molar-refractivity contribution in [1.82, 2.24) is 4.90 Å². The Morgan fingerprint density at radius 3 is 2.61 bits per heavy atom. The van der Waals surface area contributed by atoms with Gasteiger partial charge in [0, 0.05) is 13.1 Å². The van der Waals surface area contributed by atoms with Gasteiger partial charge in [0.05, 0.1) is 10.8 Å². The van der Waals surface area contributed by atoms with E-state index >= 15 is 0 Å². The second-order valence-corrected chi connectivity index (χ2v) is 6.17. The van der Waals surface area contributed by atoms with Crippen LogP contribution >= 0.6 is 11.3 Å². The molecular weight excluding hydrogens is 250 g/mol. The van der Waals surface area contributed by atoms with Crippen LogP contribution in [0.3, 0.4) is 0 Å². The molecule has 1 aromatic heterocycles. The Bertz CT molecular complexity index is 474. The lowest BCUT2D eigenvalue weighted by Crippen LogP contribution is -2.39. The highest BCUT2D eigenvalue weighted by Gasteiger charge is 2.59. The number of carboxylic acids is 1. The maximum absolute atomic E-state index is 12.1. The Labute approximate surface area is 109 Å². The number of carboxylic acid groups (broad SMARTS) is 1. The first kappa shape index (κ1) is 11.7. The van der Waals surface area contributed by atoms with Gasteiger partial charge in [-0.25, -0.2) is 0 Å². The molecule has 0 radical (unpaired) electrons. The van der Waals surface area contributed by atoms with E-state index in [1.54, 1.807) is 0 Å². The van der Waals surface area contributed by atoms with Gasteiger partial charge in [-0.3, -0.25) is 9.59 Å². The molecule has 1 aliphatic heterocycles. The predicted octanol–water partition coefficient (Wildman–Crippen LogP) is 2.08. The Balaban J connectivity index is 1.61. The summed E-state index contributed by atoms with van der Waals surface area (Å²) in [7, 11) is 0. The average Bonchev–Trinajstić information content (AvgIpc) is 2.84. The van der Waals surface area contributed by atoms with Crippen LogP contribution in [0.2, 0.25) is 0 Å². The molecule has 1 aromatic rings. The third-order valence-electron chi connectivity index (χ3n) is 4.27. The van der Waals surface area contributed by atoms with Crippen molar-refractivity contribution in [2.45, 2.75) is 19.3 Å². The van der Waals surface area contributed by atoms with Crippen LogP contribution in [0.15, 0.2) is 17.5 Å². The average molecular weight is 265 g/mol. The highest BCUT2D eigenvalue weighted by Crippen LogP contribution is 2.59. The maximum atomic E-state index is 12.1. The number of likely N-dealkylation sites (tertiary alicyclic amines) is 1. The Morgan fingerprint density at radius 1 is 1.39 bits per heavy atom. The molecule has 1 atom stereocenters. The summed E-state index contributed by atoms with van der Waals surface area (Å²) in [5.41, 5.74) is -0.00192. The van der Waals surface area contributed by atoms with Gasteiger partial charge < -0.3 is 10.0 Å². The van der Waals surface area contributed by atoms with E-state index in [0.717, 1.165) is 24.1 Å². The van der Waals surface area contributed by atoms with E-state index in [9.17, 15) is 9.59 Å². The fourth-order valence-electron chi connectivity index (χ4n) is 2.96. The summed E-state index contributed by atoms with van der Waals surface area (Å²) in [5, 5.41) is 10.9. The molecule has 18 heavy (non-hydrogen) atoms. The molecule has 2 fully saturated rings. The quantitative estimate of drug-likeness (QED) is 0.890. The summed E-state index contributed by atoms with van der Waals surface area (Å²) in [6.45, 7) is 1.39. The lowest BCUT2D eigenvalue weighted by Gasteiger charge is -2.32. The molecule has 5 heteroatoms. The van der Waals surface area contributed by atoms with Crippen molar-refractivity contribution in [3.05, 3.63) is 22.4 Å². The summed E-state index contributed by atoms with van der Waals surface area (Å²) >= 11 is 1.46. The second kappa shape index (κ2) is 4.09. The van der Waals surface area contributed by atoms with Gasteiger partial charge in [-0.05, 0) is 36.1 Å². The zero-order valence-electron chi connectivity index (χ0n) is 9.96. The smallest absolute Gasteiger partial charge is 0.307 e. The molecule has 1 aliphatic carbocycles. The monoisotopic (exact) mass is 265 g/mol. The van der Waals surface area contributed by atoms with Gasteiger partial charge in [0.15, 0.2) is 0 Å². The first-order valence-electron chi connectivity index (χ1n) is 6.18. The summed E-state index contributed by atoms with van der Waals surface area (Å²) in [5.74, 6) is -0.753. The number of rotatable bonds is 2. The molecule has 2 heterocycles. The minimum absolute atomic E-state index is 0.00192. The molecule has 4 nitrogen and oxygen atoms in total. The molecule has 1 N–H and O–H groups in total. The molecule has 1 unspecified atom stereocenters. The summed E-state index contributed by atoms with van der Waals surface area (Å²) < 4.78 is 0. The number of aliphatic carboxylic acids is 1. The van der Waals surface area contributed by atoms with Crippen LogP contribution in [0.1, 0.15) is 28.9 Å². The largest absolute Gasteiger partial charge is 0.481 e. The fraction of sp³-hybridized carbons (Fsp3) is 0.538. The molecule has 1 saturated carbocycles. The van der Waals surface area contributed by atoms with Crippen molar-refractivity contribution in [3.8, 4) is 0 Å². The van der Waals surface area contributed by atoms with Crippen molar-refractivity contribution < 1.29 is 14.7 Å². The molecule has 96 valence electrons. The molecular formula is C13H15NO3S. The van der Waals surface area contributed by atoms with E-state index in [-0.39, 0.29) is 17.2 Å². The maximum Gasteiger partial charge on any atom is 0.307 e. The van der Waals surface area contributed by atoms with E-state index in [1.807, 2.05) is 22.4 Å². The van der Waals surface area contributed by atoms with E-state index in [1.165, 1.54) is 11.3 Å². The zero-order valence-corrected chi connectivity index (χ0v) is 10.8. The zero-order chi connectivity index (χ0) is 12.8. The lowest BCUT2D eigenvalue weighted by atomic mass is 9.91. The summed E-state index contributed by atoms with van der Waals surface area (Å²) in [6.07, 6.45) is 2.46. The number of nitrogens with zero attached hydrogens (tertiary/aromatic N) is 1. The van der Waals surface area contributed by atoms with Crippen LogP contribution in [-0.2, 0) is 4.79 Å². The summed E-state index contributed by atoms with van der Waals surface area (Å²) in [6, 6.07) is 3.72. The van der Waals surface area contributed by atoms with Gasteiger partial charge >= 0.3 is 5.97 Å².